The lowest BCUT2D eigenvalue weighted by molar-refractivity contribution is -0.133. The summed E-state index contributed by atoms with van der Waals surface area (Å²) in [6, 6.07) is 0. The highest BCUT2D eigenvalue weighted by atomic mass is 16.4. The van der Waals surface area contributed by atoms with Crippen LogP contribution in [0.15, 0.2) is 24.6 Å². The quantitative estimate of drug-likeness (QED) is 0.546. The minimum atomic E-state index is -0.927. The Kier molecular flexibility index (Phi) is 5.07. The molecule has 1 heterocycles. The summed E-state index contributed by atoms with van der Waals surface area (Å²) in [5.41, 5.74) is 0.230. The highest BCUT2D eigenvalue weighted by Gasteiger charge is 2.29. The molecule has 4 heteroatoms. The molecule has 4 nitrogen and oxygen atoms in total. The number of hydrogen-bond acceptors (Lipinski definition) is 3. The zero-order valence-electron chi connectivity index (χ0n) is 10.7. The first-order valence-electron chi connectivity index (χ1n) is 6.16. The zero-order chi connectivity index (χ0) is 12.8. The normalized spacial score (nSPS) is 18.8. The molecule has 1 unspecified atom stereocenters. The molecule has 0 saturated carbocycles. The second kappa shape index (κ2) is 6.33. The van der Waals surface area contributed by atoms with Crippen LogP contribution in [0.25, 0.3) is 0 Å². The molecule has 0 spiro atoms. The van der Waals surface area contributed by atoms with Gasteiger partial charge in [0, 0.05) is 26.0 Å². The van der Waals surface area contributed by atoms with E-state index < -0.39 is 5.97 Å². The fourth-order valence-electron chi connectivity index (χ4n) is 2.06. The molecule has 0 aliphatic carbocycles. The standard InChI is InChI=1S/C13H22N2O2/c1-4-5-6-7-8-15-10-9-14(3)12(15)11(2)13(16)17/h9-10,12H,2,4-8H2,1,3H3,(H,16,17). The average Bonchev–Trinajstić information content (AvgIpc) is 2.65. The van der Waals surface area contributed by atoms with Crippen LogP contribution >= 0.6 is 0 Å². The Morgan fingerprint density at radius 1 is 1.35 bits per heavy atom. The van der Waals surface area contributed by atoms with E-state index in [0.717, 1.165) is 13.0 Å². The van der Waals surface area contributed by atoms with E-state index in [-0.39, 0.29) is 11.7 Å². The van der Waals surface area contributed by atoms with E-state index in [2.05, 4.69) is 13.5 Å². The van der Waals surface area contributed by atoms with Crippen molar-refractivity contribution >= 4 is 5.97 Å². The molecule has 1 N–H and O–H groups in total. The Balaban J connectivity index is 2.50. The van der Waals surface area contributed by atoms with Crippen molar-refractivity contribution in [2.75, 3.05) is 13.6 Å². The Hall–Kier alpha value is -1.45. The number of carboxylic acids is 1. The monoisotopic (exact) mass is 238 g/mol. The fraction of sp³-hybridized carbons (Fsp3) is 0.615. The minimum absolute atomic E-state index is 0.228. The van der Waals surface area contributed by atoms with Crippen molar-refractivity contribution in [1.82, 2.24) is 9.80 Å². The van der Waals surface area contributed by atoms with Crippen molar-refractivity contribution in [3.05, 3.63) is 24.6 Å². The lowest BCUT2D eigenvalue weighted by Gasteiger charge is -2.30. The predicted molar refractivity (Wildman–Crippen MR) is 68.3 cm³/mol. The number of carboxylic acid groups (broad SMARTS) is 1. The maximum atomic E-state index is 11.0. The highest BCUT2D eigenvalue weighted by Crippen LogP contribution is 2.21. The lowest BCUT2D eigenvalue weighted by atomic mass is 10.1. The molecule has 0 aromatic heterocycles. The molecule has 0 radical (unpaired) electrons. The van der Waals surface area contributed by atoms with Crippen molar-refractivity contribution < 1.29 is 9.90 Å². The third kappa shape index (κ3) is 3.51. The minimum Gasteiger partial charge on any atom is -0.478 e. The van der Waals surface area contributed by atoms with Crippen LogP contribution in [0.5, 0.6) is 0 Å². The Labute approximate surface area is 103 Å². The number of unbranched alkanes of at least 4 members (excludes halogenated alkanes) is 3. The molecule has 0 saturated heterocycles. The van der Waals surface area contributed by atoms with Gasteiger partial charge in [0.25, 0.3) is 0 Å². The molecule has 0 aromatic carbocycles. The molecule has 1 aliphatic heterocycles. The van der Waals surface area contributed by atoms with Crippen molar-refractivity contribution in [2.45, 2.75) is 38.8 Å². The smallest absolute Gasteiger partial charge is 0.334 e. The first-order valence-corrected chi connectivity index (χ1v) is 6.16. The van der Waals surface area contributed by atoms with Gasteiger partial charge in [0.15, 0.2) is 0 Å². The van der Waals surface area contributed by atoms with Crippen molar-refractivity contribution in [3.8, 4) is 0 Å². The summed E-state index contributed by atoms with van der Waals surface area (Å²) in [4.78, 5) is 14.9. The molecule has 17 heavy (non-hydrogen) atoms. The highest BCUT2D eigenvalue weighted by molar-refractivity contribution is 5.87. The van der Waals surface area contributed by atoms with Gasteiger partial charge in [-0.25, -0.2) is 4.79 Å². The largest absolute Gasteiger partial charge is 0.478 e. The van der Waals surface area contributed by atoms with Gasteiger partial charge in [-0.3, -0.25) is 0 Å². The van der Waals surface area contributed by atoms with Crippen LogP contribution in [0.3, 0.4) is 0 Å². The number of rotatable bonds is 7. The summed E-state index contributed by atoms with van der Waals surface area (Å²) in [5.74, 6) is -0.927. The predicted octanol–water partition coefficient (Wildman–Crippen LogP) is 2.25. The van der Waals surface area contributed by atoms with Crippen molar-refractivity contribution in [2.24, 2.45) is 0 Å². The summed E-state index contributed by atoms with van der Waals surface area (Å²) in [5, 5.41) is 9.01. The van der Waals surface area contributed by atoms with Crippen LogP contribution in [0.2, 0.25) is 0 Å². The molecule has 1 rings (SSSR count). The van der Waals surface area contributed by atoms with Crippen LogP contribution in [-0.2, 0) is 4.79 Å². The van der Waals surface area contributed by atoms with Gasteiger partial charge >= 0.3 is 5.97 Å². The van der Waals surface area contributed by atoms with Crippen molar-refractivity contribution in [3.63, 3.8) is 0 Å². The van der Waals surface area contributed by atoms with Gasteiger partial charge < -0.3 is 14.9 Å². The Morgan fingerprint density at radius 3 is 2.65 bits per heavy atom. The fourth-order valence-corrected chi connectivity index (χ4v) is 2.06. The molecule has 1 aliphatic rings. The van der Waals surface area contributed by atoms with Crippen LogP contribution in [0.1, 0.15) is 32.6 Å². The topological polar surface area (TPSA) is 43.8 Å². The lowest BCUT2D eigenvalue weighted by Crippen LogP contribution is -2.40. The van der Waals surface area contributed by atoms with Crippen LogP contribution < -0.4 is 0 Å². The van der Waals surface area contributed by atoms with E-state index in [0.29, 0.717) is 0 Å². The van der Waals surface area contributed by atoms with Gasteiger partial charge in [0.1, 0.15) is 6.17 Å². The summed E-state index contributed by atoms with van der Waals surface area (Å²) < 4.78 is 0. The summed E-state index contributed by atoms with van der Waals surface area (Å²) in [6.45, 7) is 6.72. The third-order valence-electron chi connectivity index (χ3n) is 3.05. The second-order valence-electron chi connectivity index (χ2n) is 4.47. The Morgan fingerprint density at radius 2 is 2.06 bits per heavy atom. The van der Waals surface area contributed by atoms with Gasteiger partial charge in [0.05, 0.1) is 5.57 Å². The van der Waals surface area contributed by atoms with Gasteiger partial charge in [0.2, 0.25) is 0 Å². The van der Waals surface area contributed by atoms with E-state index in [4.69, 9.17) is 5.11 Å². The Bertz CT molecular complexity index is 313. The first-order chi connectivity index (χ1) is 8.07. The van der Waals surface area contributed by atoms with Crippen molar-refractivity contribution in [1.29, 1.82) is 0 Å². The number of nitrogens with zero attached hydrogens (tertiary/aromatic N) is 2. The van der Waals surface area contributed by atoms with E-state index in [1.54, 1.807) is 0 Å². The average molecular weight is 238 g/mol. The number of hydrogen-bond donors (Lipinski definition) is 1. The number of aliphatic carboxylic acids is 1. The van der Waals surface area contributed by atoms with Gasteiger partial charge in [-0.2, -0.15) is 0 Å². The van der Waals surface area contributed by atoms with E-state index in [9.17, 15) is 4.79 Å². The van der Waals surface area contributed by atoms with E-state index in [1.807, 2.05) is 29.2 Å². The van der Waals surface area contributed by atoms with Gasteiger partial charge in [-0.05, 0) is 6.42 Å². The summed E-state index contributed by atoms with van der Waals surface area (Å²) in [6.07, 6.45) is 8.35. The molecule has 0 fully saturated rings. The second-order valence-corrected chi connectivity index (χ2v) is 4.47. The molecule has 96 valence electrons. The molecule has 1 atom stereocenters. The van der Waals surface area contributed by atoms with Gasteiger partial charge in [-0.1, -0.05) is 32.8 Å². The first kappa shape index (κ1) is 13.6. The maximum Gasteiger partial charge on any atom is 0.334 e. The zero-order valence-corrected chi connectivity index (χ0v) is 10.7. The number of likely N-dealkylation sites (N-methyl/N-ethyl adjacent to an activating group) is 1. The summed E-state index contributed by atoms with van der Waals surface area (Å²) in [7, 11) is 1.88. The molecule has 0 amide bonds. The maximum absolute atomic E-state index is 11.0. The van der Waals surface area contributed by atoms with Gasteiger partial charge in [-0.15, -0.1) is 0 Å². The number of carbonyl (C=O) groups is 1. The molecule has 0 aromatic rings. The summed E-state index contributed by atoms with van der Waals surface area (Å²) >= 11 is 0. The van der Waals surface area contributed by atoms with Crippen LogP contribution in [-0.4, -0.2) is 40.6 Å². The SMILES string of the molecule is C=C(C(=O)O)C1N(C)C=CN1CCCCCC. The van der Waals surface area contributed by atoms with E-state index >= 15 is 0 Å². The molecular weight excluding hydrogens is 216 g/mol. The van der Waals surface area contributed by atoms with E-state index in [1.165, 1.54) is 19.3 Å². The van der Waals surface area contributed by atoms with Crippen LogP contribution in [0.4, 0.5) is 0 Å². The van der Waals surface area contributed by atoms with Crippen LogP contribution in [0, 0.1) is 0 Å². The third-order valence-corrected chi connectivity index (χ3v) is 3.05. The molecular formula is C13H22N2O2. The molecule has 0 bridgehead atoms.